The maximum atomic E-state index is 10.7. The number of nitrogens with one attached hydrogen (secondary N) is 1. The van der Waals surface area contributed by atoms with E-state index in [0.717, 1.165) is 11.1 Å². The van der Waals surface area contributed by atoms with E-state index >= 15 is 0 Å². The Morgan fingerprint density at radius 2 is 2.15 bits per heavy atom. The van der Waals surface area contributed by atoms with Crippen LogP contribution < -0.4 is 5.32 Å². The Morgan fingerprint density at radius 3 is 2.69 bits per heavy atom. The van der Waals surface area contributed by atoms with Crippen molar-refractivity contribution in [2.24, 2.45) is 0 Å². The van der Waals surface area contributed by atoms with Crippen molar-refractivity contribution in [1.82, 2.24) is 5.32 Å². The minimum absolute atomic E-state index is 0.0912. The van der Waals surface area contributed by atoms with Crippen molar-refractivity contribution in [3.63, 3.8) is 0 Å². The highest BCUT2D eigenvalue weighted by Crippen LogP contribution is 2.10. The fraction of sp³-hybridized carbons (Fsp3) is 0.182. The second-order valence-corrected chi connectivity index (χ2v) is 3.03. The molecule has 0 saturated carbocycles. The average molecular weight is 175 g/mol. The molecule has 0 spiro atoms. The second kappa shape index (κ2) is 3.90. The first-order chi connectivity index (χ1) is 6.09. The molecular formula is C11H13NO. The Hall–Kier alpha value is -1.57. The van der Waals surface area contributed by atoms with Gasteiger partial charge in [-0.3, -0.25) is 4.79 Å². The predicted molar refractivity (Wildman–Crippen MR) is 54.0 cm³/mol. The summed E-state index contributed by atoms with van der Waals surface area (Å²) in [4.78, 5) is 10.7. The van der Waals surface area contributed by atoms with Gasteiger partial charge in [0.2, 0.25) is 5.91 Å². The number of hydrogen-bond acceptors (Lipinski definition) is 1. The molecule has 1 aromatic carbocycles. The molecule has 0 aliphatic heterocycles. The van der Waals surface area contributed by atoms with Gasteiger partial charge in [0, 0.05) is 12.6 Å². The first kappa shape index (κ1) is 9.52. The summed E-state index contributed by atoms with van der Waals surface area (Å²) in [6, 6.07) is 7.85. The normalized spacial score (nSPS) is 9.38. The smallest absolute Gasteiger partial charge is 0.221 e. The molecule has 13 heavy (non-hydrogen) atoms. The highest BCUT2D eigenvalue weighted by Gasteiger charge is 1.99. The molecular weight excluding hydrogens is 162 g/mol. The summed E-state index contributed by atoms with van der Waals surface area (Å²) in [6.07, 6.45) is 0. The number of rotatable bonds is 2. The molecule has 68 valence electrons. The molecule has 0 saturated heterocycles. The minimum Gasteiger partial charge on any atom is -0.326 e. The lowest BCUT2D eigenvalue weighted by molar-refractivity contribution is -0.117. The molecule has 0 unspecified atom stereocenters. The summed E-state index contributed by atoms with van der Waals surface area (Å²) in [7, 11) is 0. The fourth-order valence-corrected chi connectivity index (χ4v) is 1.12. The van der Waals surface area contributed by atoms with Gasteiger partial charge in [-0.15, -0.1) is 0 Å². The minimum atomic E-state index is -0.0912. The largest absolute Gasteiger partial charge is 0.326 e. The van der Waals surface area contributed by atoms with Gasteiger partial charge in [-0.1, -0.05) is 30.3 Å². The SMILES string of the molecule is C=C(NC(C)=O)c1cccc(C)c1. The summed E-state index contributed by atoms with van der Waals surface area (Å²) in [6.45, 7) is 7.25. The lowest BCUT2D eigenvalue weighted by atomic mass is 10.1. The van der Waals surface area contributed by atoms with E-state index in [-0.39, 0.29) is 5.91 Å². The number of aryl methyl sites for hydroxylation is 1. The van der Waals surface area contributed by atoms with Crippen LogP contribution in [0.3, 0.4) is 0 Å². The average Bonchev–Trinajstić information content (AvgIpc) is 2.03. The van der Waals surface area contributed by atoms with Crippen LogP contribution in [-0.2, 0) is 4.79 Å². The van der Waals surface area contributed by atoms with Crippen LogP contribution in [0.25, 0.3) is 5.70 Å². The van der Waals surface area contributed by atoms with Gasteiger partial charge in [0.15, 0.2) is 0 Å². The fourth-order valence-electron chi connectivity index (χ4n) is 1.12. The van der Waals surface area contributed by atoms with E-state index in [4.69, 9.17) is 0 Å². The quantitative estimate of drug-likeness (QED) is 0.732. The van der Waals surface area contributed by atoms with Gasteiger partial charge >= 0.3 is 0 Å². The molecule has 2 heteroatoms. The standard InChI is InChI=1S/C11H13NO/c1-8-5-4-6-11(7-8)9(2)12-10(3)13/h4-7H,2H2,1,3H3,(H,12,13). The predicted octanol–water partition coefficient (Wildman–Crippen LogP) is 2.10. The third-order valence-electron chi connectivity index (χ3n) is 1.69. The van der Waals surface area contributed by atoms with E-state index in [2.05, 4.69) is 11.9 Å². The zero-order valence-corrected chi connectivity index (χ0v) is 7.92. The number of carbonyl (C=O) groups is 1. The Labute approximate surface area is 78.3 Å². The molecule has 0 bridgehead atoms. The molecule has 1 N–H and O–H groups in total. The molecule has 1 aromatic rings. The summed E-state index contributed by atoms with van der Waals surface area (Å²) < 4.78 is 0. The summed E-state index contributed by atoms with van der Waals surface area (Å²) >= 11 is 0. The number of carbonyl (C=O) groups excluding carboxylic acids is 1. The third kappa shape index (κ3) is 2.75. The van der Waals surface area contributed by atoms with Crippen molar-refractivity contribution in [3.05, 3.63) is 42.0 Å². The van der Waals surface area contributed by atoms with Crippen LogP contribution in [-0.4, -0.2) is 5.91 Å². The highest BCUT2D eigenvalue weighted by atomic mass is 16.1. The van der Waals surface area contributed by atoms with E-state index in [0.29, 0.717) is 5.70 Å². The molecule has 0 aromatic heterocycles. The lowest BCUT2D eigenvalue weighted by Gasteiger charge is -2.06. The zero-order valence-electron chi connectivity index (χ0n) is 7.92. The van der Waals surface area contributed by atoms with Crippen molar-refractivity contribution in [2.75, 3.05) is 0 Å². The topological polar surface area (TPSA) is 29.1 Å². The van der Waals surface area contributed by atoms with Crippen molar-refractivity contribution in [3.8, 4) is 0 Å². The summed E-state index contributed by atoms with van der Waals surface area (Å²) in [5.74, 6) is -0.0912. The number of benzene rings is 1. The highest BCUT2D eigenvalue weighted by molar-refractivity contribution is 5.84. The van der Waals surface area contributed by atoms with Gasteiger partial charge in [-0.25, -0.2) is 0 Å². The van der Waals surface area contributed by atoms with Gasteiger partial charge in [0.05, 0.1) is 0 Å². The molecule has 0 heterocycles. The maximum absolute atomic E-state index is 10.7. The van der Waals surface area contributed by atoms with Gasteiger partial charge in [-0.2, -0.15) is 0 Å². The van der Waals surface area contributed by atoms with Crippen LogP contribution in [0.15, 0.2) is 30.8 Å². The summed E-state index contributed by atoms with van der Waals surface area (Å²) in [5.41, 5.74) is 2.76. The van der Waals surface area contributed by atoms with Crippen molar-refractivity contribution in [1.29, 1.82) is 0 Å². The van der Waals surface area contributed by atoms with Crippen LogP contribution in [0.4, 0.5) is 0 Å². The van der Waals surface area contributed by atoms with Crippen LogP contribution in [0.5, 0.6) is 0 Å². The Morgan fingerprint density at radius 1 is 1.46 bits per heavy atom. The van der Waals surface area contributed by atoms with Crippen molar-refractivity contribution >= 4 is 11.6 Å². The number of hydrogen-bond donors (Lipinski definition) is 1. The van der Waals surface area contributed by atoms with E-state index in [1.165, 1.54) is 6.92 Å². The van der Waals surface area contributed by atoms with Gasteiger partial charge in [0.1, 0.15) is 0 Å². The van der Waals surface area contributed by atoms with E-state index in [1.54, 1.807) is 0 Å². The van der Waals surface area contributed by atoms with Gasteiger partial charge in [-0.05, 0) is 18.6 Å². The molecule has 2 nitrogen and oxygen atoms in total. The first-order valence-electron chi connectivity index (χ1n) is 4.13. The Balaban J connectivity index is 2.83. The Kier molecular flexibility index (Phi) is 2.85. The third-order valence-corrected chi connectivity index (χ3v) is 1.69. The van der Waals surface area contributed by atoms with Gasteiger partial charge < -0.3 is 5.32 Å². The molecule has 0 aliphatic carbocycles. The molecule has 1 rings (SSSR count). The maximum Gasteiger partial charge on any atom is 0.221 e. The van der Waals surface area contributed by atoms with E-state index in [9.17, 15) is 4.79 Å². The molecule has 0 radical (unpaired) electrons. The monoisotopic (exact) mass is 175 g/mol. The Bertz CT molecular complexity index is 342. The van der Waals surface area contributed by atoms with E-state index in [1.807, 2.05) is 31.2 Å². The van der Waals surface area contributed by atoms with E-state index < -0.39 is 0 Å². The van der Waals surface area contributed by atoms with Crippen LogP contribution >= 0.6 is 0 Å². The molecule has 0 fully saturated rings. The van der Waals surface area contributed by atoms with Crippen LogP contribution in [0.2, 0.25) is 0 Å². The molecule has 0 aliphatic rings. The molecule has 0 atom stereocenters. The summed E-state index contributed by atoms with van der Waals surface area (Å²) in [5, 5.41) is 2.65. The second-order valence-electron chi connectivity index (χ2n) is 3.03. The first-order valence-corrected chi connectivity index (χ1v) is 4.13. The number of amides is 1. The van der Waals surface area contributed by atoms with Crippen molar-refractivity contribution < 1.29 is 4.79 Å². The van der Waals surface area contributed by atoms with Crippen LogP contribution in [0.1, 0.15) is 18.1 Å². The van der Waals surface area contributed by atoms with Crippen LogP contribution in [0, 0.1) is 6.92 Å². The van der Waals surface area contributed by atoms with Crippen molar-refractivity contribution in [2.45, 2.75) is 13.8 Å². The molecule has 1 amide bonds. The lowest BCUT2D eigenvalue weighted by Crippen LogP contribution is -2.17. The zero-order chi connectivity index (χ0) is 9.84. The van der Waals surface area contributed by atoms with Gasteiger partial charge in [0.25, 0.3) is 0 Å².